The van der Waals surface area contributed by atoms with E-state index in [1.165, 1.54) is 57.1 Å². The summed E-state index contributed by atoms with van der Waals surface area (Å²) in [4.78, 5) is 26.5. The van der Waals surface area contributed by atoms with Crippen molar-refractivity contribution in [1.29, 1.82) is 0 Å². The van der Waals surface area contributed by atoms with Gasteiger partial charge in [0.1, 0.15) is 0 Å². The van der Waals surface area contributed by atoms with Crippen molar-refractivity contribution >= 4 is 12.4 Å². The fraction of sp³-hybridized carbons (Fsp3) is 0.800. The minimum absolute atomic E-state index is 0.250. The van der Waals surface area contributed by atoms with Gasteiger partial charge in [0.25, 0.3) is 6.47 Å². The Morgan fingerprint density at radius 3 is 2.59 bits per heavy atom. The van der Waals surface area contributed by atoms with Crippen LogP contribution in [0.1, 0.15) is 76.8 Å². The molecule has 3 saturated heterocycles. The van der Waals surface area contributed by atoms with Crippen LogP contribution in [0.4, 0.5) is 0 Å². The topological polar surface area (TPSA) is 78.7 Å². The molecule has 32 heavy (non-hydrogen) atoms. The summed E-state index contributed by atoms with van der Waals surface area (Å²) in [6.45, 7) is 6.08. The van der Waals surface area contributed by atoms with Gasteiger partial charge in [-0.1, -0.05) is 32.1 Å². The van der Waals surface area contributed by atoms with E-state index in [1.807, 2.05) is 4.68 Å². The molecule has 1 N–H and O–H groups in total. The Labute approximate surface area is 192 Å². The van der Waals surface area contributed by atoms with Gasteiger partial charge in [0.05, 0.1) is 5.69 Å². The lowest BCUT2D eigenvalue weighted by Crippen LogP contribution is -2.65. The smallest absolute Gasteiger partial charge is 0.290 e. The number of fused-ring (bicyclic) bond motifs is 4. The molecule has 4 aliphatic rings. The number of rotatable bonds is 5. The van der Waals surface area contributed by atoms with E-state index in [0.29, 0.717) is 29.8 Å². The minimum atomic E-state index is -0.250. The lowest BCUT2D eigenvalue weighted by molar-refractivity contribution is -0.154. The van der Waals surface area contributed by atoms with Crippen LogP contribution < -0.4 is 0 Å². The summed E-state index contributed by atoms with van der Waals surface area (Å²) < 4.78 is 2.04. The van der Waals surface area contributed by atoms with Crippen molar-refractivity contribution in [2.75, 3.05) is 13.1 Å². The first kappa shape index (κ1) is 23.3. The van der Waals surface area contributed by atoms with Crippen LogP contribution in [0.15, 0.2) is 12.3 Å². The van der Waals surface area contributed by atoms with E-state index in [-0.39, 0.29) is 6.47 Å². The monoisotopic (exact) mass is 444 g/mol. The number of carbonyl (C=O) groups excluding carboxylic acids is 1. The van der Waals surface area contributed by atoms with E-state index in [0.717, 1.165) is 44.9 Å². The predicted octanol–water partition coefficient (Wildman–Crippen LogP) is 3.78. The highest BCUT2D eigenvalue weighted by atomic mass is 16.3. The van der Waals surface area contributed by atoms with E-state index in [4.69, 9.17) is 15.0 Å². The molecule has 4 heterocycles. The Morgan fingerprint density at radius 2 is 1.88 bits per heavy atom. The van der Waals surface area contributed by atoms with Gasteiger partial charge in [-0.25, -0.2) is 0 Å². The van der Waals surface area contributed by atoms with Crippen LogP contribution in [0.25, 0.3) is 0 Å². The molecule has 5 rings (SSSR count). The predicted molar refractivity (Wildman–Crippen MR) is 123 cm³/mol. The Morgan fingerprint density at radius 1 is 1.12 bits per heavy atom. The number of aryl methyl sites for hydroxylation is 1. The van der Waals surface area contributed by atoms with Crippen LogP contribution in [-0.2, 0) is 22.7 Å². The summed E-state index contributed by atoms with van der Waals surface area (Å²) in [7, 11) is 0. The van der Waals surface area contributed by atoms with Gasteiger partial charge in [-0.05, 0) is 56.4 Å². The third-order valence-electron chi connectivity index (χ3n) is 8.28. The van der Waals surface area contributed by atoms with Crippen molar-refractivity contribution in [2.45, 2.75) is 96.3 Å². The molecule has 4 fully saturated rings. The third-order valence-corrected chi connectivity index (χ3v) is 8.28. The summed E-state index contributed by atoms with van der Waals surface area (Å²) in [5.41, 5.74) is 1.20. The number of hydrogen-bond acceptors (Lipinski definition) is 4. The molecule has 0 radical (unpaired) electrons. The molecular formula is C25H40N4O3. The van der Waals surface area contributed by atoms with Crippen molar-refractivity contribution in [3.05, 3.63) is 18.0 Å². The number of carbonyl (C=O) groups is 2. The van der Waals surface area contributed by atoms with Gasteiger partial charge in [-0.3, -0.25) is 19.2 Å². The first-order chi connectivity index (χ1) is 15.6. The van der Waals surface area contributed by atoms with Crippen molar-refractivity contribution in [1.82, 2.24) is 19.6 Å². The second-order valence-corrected chi connectivity index (χ2v) is 10.3. The zero-order valence-corrected chi connectivity index (χ0v) is 19.6. The van der Waals surface area contributed by atoms with E-state index >= 15 is 0 Å². The zero-order chi connectivity index (χ0) is 22.5. The van der Waals surface area contributed by atoms with E-state index in [1.54, 1.807) is 0 Å². The maximum absolute atomic E-state index is 13.0. The largest absolute Gasteiger partial charge is 0.483 e. The minimum Gasteiger partial charge on any atom is -0.483 e. The first-order valence-corrected chi connectivity index (χ1v) is 12.8. The van der Waals surface area contributed by atoms with E-state index in [9.17, 15) is 4.79 Å². The van der Waals surface area contributed by atoms with Crippen LogP contribution in [-0.4, -0.2) is 62.2 Å². The highest BCUT2D eigenvalue weighted by Gasteiger charge is 2.49. The van der Waals surface area contributed by atoms with Gasteiger partial charge in [-0.2, -0.15) is 5.10 Å². The Bertz CT molecular complexity index is 760. The summed E-state index contributed by atoms with van der Waals surface area (Å²) in [5, 5.41) is 11.6. The van der Waals surface area contributed by atoms with Gasteiger partial charge in [-0.15, -0.1) is 0 Å². The molecule has 3 aliphatic heterocycles. The molecule has 7 nitrogen and oxygen atoms in total. The lowest BCUT2D eigenvalue weighted by atomic mass is 9.69. The average molecular weight is 445 g/mol. The zero-order valence-electron chi connectivity index (χ0n) is 19.6. The molecule has 1 amide bonds. The van der Waals surface area contributed by atoms with Crippen LogP contribution in [0.2, 0.25) is 0 Å². The van der Waals surface area contributed by atoms with Crippen molar-refractivity contribution in [3.8, 4) is 0 Å². The molecule has 1 aromatic rings. The fourth-order valence-corrected chi connectivity index (χ4v) is 6.96. The Kier molecular flexibility index (Phi) is 7.87. The molecule has 4 atom stereocenters. The Hall–Kier alpha value is -1.89. The average Bonchev–Trinajstić information content (AvgIpc) is 3.25. The maximum atomic E-state index is 13.0. The van der Waals surface area contributed by atoms with Crippen LogP contribution in [0.5, 0.6) is 0 Å². The molecule has 0 spiro atoms. The molecule has 178 valence electrons. The number of aromatic nitrogens is 2. The third kappa shape index (κ3) is 5.19. The van der Waals surface area contributed by atoms with Gasteiger partial charge < -0.3 is 10.0 Å². The standard InChI is InChI=1S/C24H38N4O.CH2O2/c1-2-27-12-11-21(25-27)17-26-15-19-14-20(16-26)23(13-18-7-4-3-5-8-18)28-22(19)9-6-10-24(28)29;2-1-3/h11-12,18-20,22-23H,2-10,13-17H2,1H3;1H,(H,2,3)/t19-,20+,22+,23+;/m1./s1. The normalized spacial score (nSPS) is 30.9. The fourth-order valence-electron chi connectivity index (χ4n) is 6.96. The summed E-state index contributed by atoms with van der Waals surface area (Å²) in [5.74, 6) is 2.62. The second kappa shape index (κ2) is 10.8. The highest BCUT2D eigenvalue weighted by Crippen LogP contribution is 2.44. The molecule has 2 bridgehead atoms. The highest BCUT2D eigenvalue weighted by molar-refractivity contribution is 5.78. The second-order valence-electron chi connectivity index (χ2n) is 10.3. The van der Waals surface area contributed by atoms with Crippen molar-refractivity contribution in [3.63, 3.8) is 0 Å². The van der Waals surface area contributed by atoms with Gasteiger partial charge in [0, 0.05) is 50.9 Å². The molecule has 1 aromatic heterocycles. The molecule has 0 aromatic carbocycles. The van der Waals surface area contributed by atoms with Gasteiger partial charge in [0.15, 0.2) is 0 Å². The molecule has 7 heteroatoms. The number of likely N-dealkylation sites (tertiary alicyclic amines) is 1. The molecular weight excluding hydrogens is 404 g/mol. The number of nitrogens with zero attached hydrogens (tertiary/aromatic N) is 4. The molecule has 0 unspecified atom stereocenters. The van der Waals surface area contributed by atoms with Gasteiger partial charge in [0.2, 0.25) is 5.91 Å². The van der Waals surface area contributed by atoms with E-state index in [2.05, 4.69) is 29.0 Å². The number of piperidine rings is 3. The summed E-state index contributed by atoms with van der Waals surface area (Å²) >= 11 is 0. The number of hydrogen-bond donors (Lipinski definition) is 1. The van der Waals surface area contributed by atoms with Crippen molar-refractivity contribution < 1.29 is 14.7 Å². The number of amides is 1. The van der Waals surface area contributed by atoms with Crippen LogP contribution in [0, 0.1) is 17.8 Å². The molecule has 1 saturated carbocycles. The summed E-state index contributed by atoms with van der Waals surface area (Å²) in [6, 6.07) is 3.17. The lowest BCUT2D eigenvalue weighted by Gasteiger charge is -2.57. The molecule has 1 aliphatic carbocycles. The summed E-state index contributed by atoms with van der Waals surface area (Å²) in [6.07, 6.45) is 14.8. The SMILES string of the molecule is CCn1ccc(CN2C[C@H]3C[C@@H](C2)[C@H](CC2CCCCC2)N2C(=O)CCC[C@@H]32)n1.O=CO. The quantitative estimate of drug-likeness (QED) is 0.700. The Balaban J connectivity index is 0.000000775. The van der Waals surface area contributed by atoms with E-state index < -0.39 is 0 Å². The first-order valence-electron chi connectivity index (χ1n) is 12.8. The van der Waals surface area contributed by atoms with Gasteiger partial charge >= 0.3 is 0 Å². The van der Waals surface area contributed by atoms with Crippen LogP contribution in [0.3, 0.4) is 0 Å². The maximum Gasteiger partial charge on any atom is 0.290 e. The van der Waals surface area contributed by atoms with Crippen molar-refractivity contribution in [2.24, 2.45) is 17.8 Å². The number of carboxylic acid groups (broad SMARTS) is 1. The van der Waals surface area contributed by atoms with Crippen LogP contribution >= 0.6 is 0 Å².